The molecular formula is C4H9BrO3S. The highest BCUT2D eigenvalue weighted by Crippen LogP contribution is 2.11. The Bertz CT molecular complexity index is 172. The van der Waals surface area contributed by atoms with E-state index < -0.39 is 20.1 Å². The van der Waals surface area contributed by atoms with E-state index in [4.69, 9.17) is 5.11 Å². The monoisotopic (exact) mass is 216 g/mol. The van der Waals surface area contributed by atoms with Gasteiger partial charge in [0.15, 0.2) is 9.84 Å². The van der Waals surface area contributed by atoms with Crippen molar-refractivity contribution in [3.05, 3.63) is 0 Å². The van der Waals surface area contributed by atoms with Crippen LogP contribution in [0.25, 0.3) is 0 Å². The molecule has 0 aromatic carbocycles. The number of aliphatic hydroxyl groups excluding tert-OH is 1. The molecule has 2 atom stereocenters. The van der Waals surface area contributed by atoms with Crippen molar-refractivity contribution in [3.8, 4) is 0 Å². The van der Waals surface area contributed by atoms with Crippen LogP contribution in [0.4, 0.5) is 0 Å². The zero-order chi connectivity index (χ0) is 7.65. The maximum atomic E-state index is 10.6. The van der Waals surface area contributed by atoms with Crippen LogP contribution < -0.4 is 0 Å². The first-order valence-electron chi connectivity index (χ1n) is 2.36. The van der Waals surface area contributed by atoms with E-state index in [1.807, 2.05) is 0 Å². The molecule has 0 heterocycles. The van der Waals surface area contributed by atoms with E-state index in [0.717, 1.165) is 6.26 Å². The standard InChI is InChI=1S/C4H9BrO3S/c1-3(6)4(5)9(2,7)8/h3-4,6H,1-2H3. The average molecular weight is 217 g/mol. The van der Waals surface area contributed by atoms with Crippen LogP contribution in [-0.4, -0.2) is 30.0 Å². The third-order valence-electron chi connectivity index (χ3n) is 0.788. The third kappa shape index (κ3) is 3.17. The van der Waals surface area contributed by atoms with Gasteiger partial charge >= 0.3 is 0 Å². The fraction of sp³-hybridized carbons (Fsp3) is 1.00. The predicted molar refractivity (Wildman–Crippen MR) is 39.2 cm³/mol. The van der Waals surface area contributed by atoms with Crippen molar-refractivity contribution in [1.82, 2.24) is 0 Å². The molecule has 1 N–H and O–H groups in total. The van der Waals surface area contributed by atoms with Gasteiger partial charge in [0.2, 0.25) is 0 Å². The molecule has 0 rings (SSSR count). The molecule has 0 bridgehead atoms. The molecule has 2 unspecified atom stereocenters. The van der Waals surface area contributed by atoms with Crippen molar-refractivity contribution < 1.29 is 13.5 Å². The minimum absolute atomic E-state index is 0.843. The Morgan fingerprint density at radius 3 is 1.89 bits per heavy atom. The maximum Gasteiger partial charge on any atom is 0.162 e. The number of hydrogen-bond donors (Lipinski definition) is 1. The second kappa shape index (κ2) is 2.98. The van der Waals surface area contributed by atoms with Gasteiger partial charge in [-0.25, -0.2) is 8.42 Å². The highest BCUT2D eigenvalue weighted by Gasteiger charge is 2.21. The van der Waals surface area contributed by atoms with Gasteiger partial charge in [-0.2, -0.15) is 0 Å². The van der Waals surface area contributed by atoms with Gasteiger partial charge in [0.1, 0.15) is 4.16 Å². The number of halogens is 1. The number of aliphatic hydroxyl groups is 1. The third-order valence-corrected chi connectivity index (χ3v) is 4.80. The fourth-order valence-electron chi connectivity index (χ4n) is 0.358. The molecule has 5 heteroatoms. The van der Waals surface area contributed by atoms with Gasteiger partial charge in [-0.15, -0.1) is 0 Å². The van der Waals surface area contributed by atoms with Gasteiger partial charge < -0.3 is 5.11 Å². The van der Waals surface area contributed by atoms with Crippen molar-refractivity contribution in [2.45, 2.75) is 17.2 Å². The molecule has 0 aliphatic carbocycles. The highest BCUT2D eigenvalue weighted by molar-refractivity contribution is 9.11. The molecule has 0 saturated carbocycles. The minimum Gasteiger partial charge on any atom is -0.391 e. The van der Waals surface area contributed by atoms with Crippen LogP contribution in [0.2, 0.25) is 0 Å². The van der Waals surface area contributed by atoms with Crippen LogP contribution in [0.5, 0.6) is 0 Å². The molecular weight excluding hydrogens is 208 g/mol. The molecule has 0 saturated heterocycles. The second-order valence-corrected chi connectivity index (χ2v) is 5.68. The lowest BCUT2D eigenvalue weighted by atomic mass is 10.5. The molecule has 0 aliphatic heterocycles. The van der Waals surface area contributed by atoms with E-state index >= 15 is 0 Å². The lowest BCUT2D eigenvalue weighted by molar-refractivity contribution is 0.212. The largest absolute Gasteiger partial charge is 0.391 e. The molecule has 0 aromatic rings. The Hall–Kier alpha value is 0.390. The number of alkyl halides is 1. The molecule has 9 heavy (non-hydrogen) atoms. The van der Waals surface area contributed by atoms with Crippen molar-refractivity contribution in [2.75, 3.05) is 6.26 Å². The Labute approximate surface area is 63.1 Å². The number of hydrogen-bond acceptors (Lipinski definition) is 3. The van der Waals surface area contributed by atoms with Crippen LogP contribution in [0.3, 0.4) is 0 Å². The zero-order valence-corrected chi connectivity index (χ0v) is 7.61. The summed E-state index contributed by atoms with van der Waals surface area (Å²) in [6.45, 7) is 1.42. The van der Waals surface area contributed by atoms with Gasteiger partial charge in [-0.1, -0.05) is 15.9 Å². The van der Waals surface area contributed by atoms with E-state index in [2.05, 4.69) is 15.9 Å². The van der Waals surface area contributed by atoms with E-state index in [0.29, 0.717) is 0 Å². The molecule has 0 amide bonds. The van der Waals surface area contributed by atoms with E-state index in [1.54, 1.807) is 0 Å². The Balaban J connectivity index is 4.24. The van der Waals surface area contributed by atoms with Gasteiger partial charge in [0, 0.05) is 6.26 Å². The smallest absolute Gasteiger partial charge is 0.162 e. The molecule has 0 fully saturated rings. The number of sulfone groups is 1. The summed E-state index contributed by atoms with van der Waals surface area (Å²) in [5.41, 5.74) is 0. The highest BCUT2D eigenvalue weighted by atomic mass is 79.9. The summed E-state index contributed by atoms with van der Waals surface area (Å²) in [5, 5.41) is 8.73. The lowest BCUT2D eigenvalue weighted by Crippen LogP contribution is -2.24. The van der Waals surface area contributed by atoms with Gasteiger partial charge in [-0.05, 0) is 6.92 Å². The molecule has 0 aromatic heterocycles. The average Bonchev–Trinajstić information content (AvgIpc) is 1.62. The molecule has 0 aliphatic rings. The Morgan fingerprint density at radius 1 is 1.56 bits per heavy atom. The van der Waals surface area contributed by atoms with Crippen LogP contribution in [-0.2, 0) is 9.84 Å². The molecule has 0 spiro atoms. The molecule has 0 radical (unpaired) electrons. The fourth-order valence-corrected chi connectivity index (χ4v) is 1.07. The van der Waals surface area contributed by atoms with Crippen LogP contribution in [0.15, 0.2) is 0 Å². The van der Waals surface area contributed by atoms with Crippen molar-refractivity contribution >= 4 is 25.8 Å². The first-order valence-corrected chi connectivity index (χ1v) is 5.23. The van der Waals surface area contributed by atoms with E-state index in [1.165, 1.54) is 6.92 Å². The predicted octanol–water partition coefficient (Wildman–Crippen LogP) is 0.133. The van der Waals surface area contributed by atoms with Crippen molar-refractivity contribution in [2.24, 2.45) is 0 Å². The normalized spacial score (nSPS) is 19.1. The zero-order valence-electron chi connectivity index (χ0n) is 5.20. The summed E-state index contributed by atoms with van der Waals surface area (Å²) in [6.07, 6.45) is 0.207. The summed E-state index contributed by atoms with van der Waals surface area (Å²) in [6, 6.07) is 0. The first-order chi connectivity index (χ1) is 3.85. The Morgan fingerprint density at radius 2 is 1.89 bits per heavy atom. The van der Waals surface area contributed by atoms with Crippen molar-refractivity contribution in [1.29, 1.82) is 0 Å². The summed E-state index contributed by atoms with van der Waals surface area (Å²) in [7, 11) is -3.14. The lowest BCUT2D eigenvalue weighted by Gasteiger charge is -2.08. The van der Waals surface area contributed by atoms with Gasteiger partial charge in [-0.3, -0.25) is 0 Å². The van der Waals surface area contributed by atoms with Crippen LogP contribution in [0.1, 0.15) is 6.92 Å². The van der Waals surface area contributed by atoms with Crippen LogP contribution in [0, 0.1) is 0 Å². The Kier molecular flexibility index (Phi) is 3.11. The SMILES string of the molecule is CC(O)C(Br)S(C)(=O)=O. The quantitative estimate of drug-likeness (QED) is 0.669. The van der Waals surface area contributed by atoms with E-state index in [-0.39, 0.29) is 0 Å². The summed E-state index contributed by atoms with van der Waals surface area (Å²) < 4.78 is 20.3. The maximum absolute atomic E-state index is 10.6. The molecule has 56 valence electrons. The summed E-state index contributed by atoms with van der Waals surface area (Å²) in [4.78, 5) is 0. The minimum atomic E-state index is -3.14. The van der Waals surface area contributed by atoms with Crippen LogP contribution >= 0.6 is 15.9 Å². The van der Waals surface area contributed by atoms with Gasteiger partial charge in [0.25, 0.3) is 0 Å². The van der Waals surface area contributed by atoms with Gasteiger partial charge in [0.05, 0.1) is 6.10 Å². The van der Waals surface area contributed by atoms with E-state index in [9.17, 15) is 8.42 Å². The summed E-state index contributed by atoms with van der Waals surface area (Å²) >= 11 is 2.82. The first kappa shape index (κ1) is 9.39. The molecule has 3 nitrogen and oxygen atoms in total. The second-order valence-electron chi connectivity index (χ2n) is 1.92. The number of rotatable bonds is 2. The topological polar surface area (TPSA) is 54.4 Å². The summed E-state index contributed by atoms with van der Waals surface area (Å²) in [5.74, 6) is 0. The van der Waals surface area contributed by atoms with Crippen molar-refractivity contribution in [3.63, 3.8) is 0 Å².